The van der Waals surface area contributed by atoms with Crippen molar-refractivity contribution in [2.75, 3.05) is 25.0 Å². The molecule has 1 atom stereocenters. The number of benzene rings is 1. The minimum absolute atomic E-state index is 0.0774. The Labute approximate surface area is 111 Å². The first-order valence-corrected chi connectivity index (χ1v) is 6.66. The van der Waals surface area contributed by atoms with Crippen molar-refractivity contribution in [3.05, 3.63) is 29.3 Å². The second-order valence-corrected chi connectivity index (χ2v) is 4.75. The van der Waals surface area contributed by atoms with Crippen molar-refractivity contribution in [3.8, 4) is 0 Å². The van der Waals surface area contributed by atoms with Crippen molar-refractivity contribution in [2.24, 2.45) is 0 Å². The van der Waals surface area contributed by atoms with Gasteiger partial charge in [-0.3, -0.25) is 4.90 Å². The van der Waals surface area contributed by atoms with Crippen molar-refractivity contribution in [2.45, 2.75) is 32.5 Å². The summed E-state index contributed by atoms with van der Waals surface area (Å²) < 4.78 is 38.4. The second kappa shape index (κ2) is 5.41. The highest BCUT2D eigenvalue weighted by atomic mass is 19.4. The Morgan fingerprint density at radius 1 is 1.26 bits per heavy atom. The van der Waals surface area contributed by atoms with Crippen LogP contribution in [0.15, 0.2) is 18.2 Å². The maximum Gasteiger partial charge on any atom is 0.416 e. The van der Waals surface area contributed by atoms with Gasteiger partial charge >= 0.3 is 6.18 Å². The van der Waals surface area contributed by atoms with Gasteiger partial charge in [-0.15, -0.1) is 0 Å². The van der Waals surface area contributed by atoms with E-state index in [1.807, 2.05) is 13.8 Å². The smallest absolute Gasteiger partial charge is 0.385 e. The van der Waals surface area contributed by atoms with Gasteiger partial charge in [0.05, 0.1) is 5.56 Å². The maximum absolute atomic E-state index is 12.8. The normalized spacial score (nSPS) is 19.2. The van der Waals surface area contributed by atoms with Crippen LogP contribution in [0, 0.1) is 0 Å². The number of hydrogen-bond donors (Lipinski definition) is 1. The molecule has 0 saturated carbocycles. The van der Waals surface area contributed by atoms with Gasteiger partial charge in [0.15, 0.2) is 0 Å². The fourth-order valence-electron chi connectivity index (χ4n) is 2.72. The summed E-state index contributed by atoms with van der Waals surface area (Å²) in [6.07, 6.45) is -3.43. The Bertz CT molecular complexity index is 439. The molecule has 0 aliphatic carbocycles. The van der Waals surface area contributed by atoms with Crippen LogP contribution in [0.5, 0.6) is 0 Å². The average molecular weight is 272 g/mol. The number of anilines is 1. The standard InChI is InChI=1S/C14H19F3N2/c1-3-19(4-2)13-7-8-18-12-6-5-10(9-11(12)13)14(15,16)17/h5-6,9,13,18H,3-4,7-8H2,1-2H3. The van der Waals surface area contributed by atoms with Crippen molar-refractivity contribution < 1.29 is 13.2 Å². The molecule has 1 unspecified atom stereocenters. The number of rotatable bonds is 3. The van der Waals surface area contributed by atoms with Crippen LogP contribution in [-0.2, 0) is 6.18 Å². The predicted octanol–water partition coefficient (Wildman–Crippen LogP) is 3.90. The zero-order chi connectivity index (χ0) is 14.0. The van der Waals surface area contributed by atoms with Crippen molar-refractivity contribution in [3.63, 3.8) is 0 Å². The third kappa shape index (κ3) is 2.86. The highest BCUT2D eigenvalue weighted by Gasteiger charge is 2.33. The Hall–Kier alpha value is -1.23. The molecule has 1 aromatic carbocycles. The van der Waals surface area contributed by atoms with E-state index in [9.17, 15) is 13.2 Å². The zero-order valence-corrected chi connectivity index (χ0v) is 11.2. The van der Waals surface area contributed by atoms with Crippen LogP contribution in [0.3, 0.4) is 0 Å². The molecule has 1 aromatic rings. The Kier molecular flexibility index (Phi) is 4.04. The molecule has 0 fully saturated rings. The molecule has 1 aliphatic heterocycles. The van der Waals surface area contributed by atoms with Crippen LogP contribution < -0.4 is 5.32 Å². The predicted molar refractivity (Wildman–Crippen MR) is 70.2 cm³/mol. The maximum atomic E-state index is 12.8. The van der Waals surface area contributed by atoms with Crippen LogP contribution in [-0.4, -0.2) is 24.5 Å². The molecular weight excluding hydrogens is 253 g/mol. The summed E-state index contributed by atoms with van der Waals surface area (Å²) in [5, 5.41) is 3.18. The molecule has 0 amide bonds. The first-order chi connectivity index (χ1) is 8.97. The highest BCUT2D eigenvalue weighted by molar-refractivity contribution is 5.56. The average Bonchev–Trinajstić information content (AvgIpc) is 2.39. The summed E-state index contributed by atoms with van der Waals surface area (Å²) in [6, 6.07) is 4.07. The van der Waals surface area contributed by atoms with Gasteiger partial charge in [0.1, 0.15) is 0 Å². The van der Waals surface area contributed by atoms with E-state index in [0.717, 1.165) is 43.4 Å². The Balaban J connectivity index is 2.41. The molecule has 5 heteroatoms. The third-order valence-corrected chi connectivity index (χ3v) is 3.72. The number of nitrogens with zero attached hydrogens (tertiary/aromatic N) is 1. The molecule has 1 aliphatic rings. The number of hydrogen-bond acceptors (Lipinski definition) is 2. The van der Waals surface area contributed by atoms with E-state index in [-0.39, 0.29) is 6.04 Å². The topological polar surface area (TPSA) is 15.3 Å². The molecule has 1 heterocycles. The molecule has 2 nitrogen and oxygen atoms in total. The number of fused-ring (bicyclic) bond motifs is 1. The molecule has 0 spiro atoms. The van der Waals surface area contributed by atoms with Crippen LogP contribution in [0.4, 0.5) is 18.9 Å². The summed E-state index contributed by atoms with van der Waals surface area (Å²) in [5.41, 5.74) is 1.04. The summed E-state index contributed by atoms with van der Waals surface area (Å²) in [4.78, 5) is 2.21. The Morgan fingerprint density at radius 3 is 2.53 bits per heavy atom. The summed E-state index contributed by atoms with van der Waals surface area (Å²) in [7, 11) is 0. The second-order valence-electron chi connectivity index (χ2n) is 4.75. The van der Waals surface area contributed by atoms with E-state index in [4.69, 9.17) is 0 Å². The van der Waals surface area contributed by atoms with Gasteiger partial charge in [-0.1, -0.05) is 13.8 Å². The molecule has 106 valence electrons. The van der Waals surface area contributed by atoms with E-state index in [1.165, 1.54) is 6.07 Å². The van der Waals surface area contributed by atoms with Crippen LogP contribution >= 0.6 is 0 Å². The van der Waals surface area contributed by atoms with Gasteiger partial charge in [0.2, 0.25) is 0 Å². The van der Waals surface area contributed by atoms with Crippen LogP contribution in [0.2, 0.25) is 0 Å². The quantitative estimate of drug-likeness (QED) is 0.897. The number of halogens is 3. The Morgan fingerprint density at radius 2 is 1.95 bits per heavy atom. The van der Waals surface area contributed by atoms with Crippen molar-refractivity contribution in [1.29, 1.82) is 0 Å². The van der Waals surface area contributed by atoms with E-state index in [1.54, 1.807) is 6.07 Å². The molecule has 0 saturated heterocycles. The summed E-state index contributed by atoms with van der Waals surface area (Å²) in [5.74, 6) is 0. The lowest BCUT2D eigenvalue weighted by molar-refractivity contribution is -0.137. The van der Waals surface area contributed by atoms with Gasteiger partial charge in [0, 0.05) is 18.3 Å². The lowest BCUT2D eigenvalue weighted by atomic mass is 9.94. The minimum atomic E-state index is -4.28. The van der Waals surface area contributed by atoms with E-state index >= 15 is 0 Å². The fraction of sp³-hybridized carbons (Fsp3) is 0.571. The monoisotopic (exact) mass is 272 g/mol. The number of nitrogens with one attached hydrogen (secondary N) is 1. The fourth-order valence-corrected chi connectivity index (χ4v) is 2.72. The molecule has 2 rings (SSSR count). The van der Waals surface area contributed by atoms with Gasteiger partial charge in [-0.25, -0.2) is 0 Å². The van der Waals surface area contributed by atoms with Gasteiger partial charge < -0.3 is 5.32 Å². The first-order valence-electron chi connectivity index (χ1n) is 6.66. The highest BCUT2D eigenvalue weighted by Crippen LogP contribution is 2.38. The molecule has 1 N–H and O–H groups in total. The molecule has 0 radical (unpaired) electrons. The summed E-state index contributed by atoms with van der Waals surface area (Å²) >= 11 is 0. The van der Waals surface area contributed by atoms with Gasteiger partial charge in [-0.2, -0.15) is 13.2 Å². The van der Waals surface area contributed by atoms with Crippen molar-refractivity contribution in [1.82, 2.24) is 4.90 Å². The summed E-state index contributed by atoms with van der Waals surface area (Å²) in [6.45, 7) is 6.57. The molecule has 0 bridgehead atoms. The lowest BCUT2D eigenvalue weighted by Gasteiger charge is -2.35. The van der Waals surface area contributed by atoms with E-state index in [2.05, 4.69) is 10.2 Å². The van der Waals surface area contributed by atoms with Crippen LogP contribution in [0.1, 0.15) is 37.4 Å². The van der Waals surface area contributed by atoms with Gasteiger partial charge in [-0.05, 0) is 43.3 Å². The molecule has 0 aromatic heterocycles. The van der Waals surface area contributed by atoms with E-state index < -0.39 is 11.7 Å². The first kappa shape index (κ1) is 14.2. The van der Waals surface area contributed by atoms with Crippen molar-refractivity contribution >= 4 is 5.69 Å². The SMILES string of the molecule is CCN(CC)C1CCNc2ccc(C(F)(F)F)cc21. The molecular formula is C14H19F3N2. The van der Waals surface area contributed by atoms with Gasteiger partial charge in [0.25, 0.3) is 0 Å². The molecule has 19 heavy (non-hydrogen) atoms. The minimum Gasteiger partial charge on any atom is -0.385 e. The lowest BCUT2D eigenvalue weighted by Crippen LogP contribution is -2.33. The largest absolute Gasteiger partial charge is 0.416 e. The third-order valence-electron chi connectivity index (χ3n) is 3.72. The zero-order valence-electron chi connectivity index (χ0n) is 11.2. The van der Waals surface area contributed by atoms with Crippen LogP contribution in [0.25, 0.3) is 0 Å². The van der Waals surface area contributed by atoms with E-state index in [0.29, 0.717) is 0 Å². The number of alkyl halides is 3.